The molecule has 0 aliphatic rings. The second-order valence-corrected chi connectivity index (χ2v) is 4.81. The summed E-state index contributed by atoms with van der Waals surface area (Å²) in [7, 11) is 1.61. The lowest BCUT2D eigenvalue weighted by Gasteiger charge is -2.06. The van der Waals surface area contributed by atoms with Gasteiger partial charge in [0, 0.05) is 17.1 Å². The number of ether oxygens (including phenoxy) is 1. The van der Waals surface area contributed by atoms with E-state index in [4.69, 9.17) is 4.74 Å². The summed E-state index contributed by atoms with van der Waals surface area (Å²) in [6, 6.07) is 17.1. The molecule has 3 aromatic rings. The van der Waals surface area contributed by atoms with Gasteiger partial charge in [0.2, 0.25) is 0 Å². The molecule has 0 N–H and O–H groups in total. The molecular weight excluding hydrogens is 262 g/mol. The first-order valence-corrected chi connectivity index (χ1v) is 6.78. The van der Waals surface area contributed by atoms with Crippen molar-refractivity contribution in [2.24, 2.45) is 0 Å². The fourth-order valence-corrected chi connectivity index (χ4v) is 2.35. The standard InChI is InChI=1S/C18H15NO2/c1-21-15-8-6-14(7-9-15)18(20)12-17-16-5-3-2-4-13(16)10-11-19-17/h2-11H,12H2,1H3. The van der Waals surface area contributed by atoms with Crippen molar-refractivity contribution >= 4 is 16.6 Å². The first-order valence-electron chi connectivity index (χ1n) is 6.78. The molecule has 21 heavy (non-hydrogen) atoms. The van der Waals surface area contributed by atoms with Crippen molar-refractivity contribution in [2.45, 2.75) is 6.42 Å². The highest BCUT2D eigenvalue weighted by Crippen LogP contribution is 2.19. The van der Waals surface area contributed by atoms with Crippen LogP contribution in [-0.2, 0) is 6.42 Å². The molecule has 0 saturated carbocycles. The summed E-state index contributed by atoms with van der Waals surface area (Å²) >= 11 is 0. The molecule has 0 saturated heterocycles. The van der Waals surface area contributed by atoms with Gasteiger partial charge in [-0.1, -0.05) is 24.3 Å². The lowest BCUT2D eigenvalue weighted by Crippen LogP contribution is -2.05. The minimum absolute atomic E-state index is 0.0570. The summed E-state index contributed by atoms with van der Waals surface area (Å²) in [5.41, 5.74) is 1.49. The Bertz CT molecular complexity index is 773. The third-order valence-corrected chi connectivity index (χ3v) is 3.50. The maximum atomic E-state index is 12.4. The van der Waals surface area contributed by atoms with Crippen LogP contribution in [0, 0.1) is 0 Å². The van der Waals surface area contributed by atoms with Gasteiger partial charge < -0.3 is 4.74 Å². The number of methoxy groups -OCH3 is 1. The van der Waals surface area contributed by atoms with E-state index in [2.05, 4.69) is 4.98 Å². The van der Waals surface area contributed by atoms with Crippen LogP contribution in [0.4, 0.5) is 0 Å². The van der Waals surface area contributed by atoms with Crippen molar-refractivity contribution in [3.8, 4) is 5.75 Å². The zero-order chi connectivity index (χ0) is 14.7. The number of fused-ring (bicyclic) bond motifs is 1. The van der Waals surface area contributed by atoms with Crippen LogP contribution in [0.1, 0.15) is 16.1 Å². The molecule has 3 nitrogen and oxygen atoms in total. The van der Waals surface area contributed by atoms with Gasteiger partial charge >= 0.3 is 0 Å². The van der Waals surface area contributed by atoms with E-state index in [-0.39, 0.29) is 5.78 Å². The number of carbonyl (C=O) groups excluding carboxylic acids is 1. The van der Waals surface area contributed by atoms with E-state index in [0.29, 0.717) is 12.0 Å². The number of hydrogen-bond acceptors (Lipinski definition) is 3. The van der Waals surface area contributed by atoms with Crippen LogP contribution in [0.5, 0.6) is 5.75 Å². The SMILES string of the molecule is COc1ccc(C(=O)Cc2nccc3ccccc23)cc1. The van der Waals surface area contributed by atoms with Crippen LogP contribution in [-0.4, -0.2) is 17.9 Å². The third kappa shape index (κ3) is 2.77. The van der Waals surface area contributed by atoms with E-state index in [1.54, 1.807) is 37.6 Å². The molecular formula is C18H15NO2. The van der Waals surface area contributed by atoms with E-state index in [1.165, 1.54) is 0 Å². The van der Waals surface area contributed by atoms with Crippen LogP contribution < -0.4 is 4.74 Å². The minimum Gasteiger partial charge on any atom is -0.497 e. The summed E-state index contributed by atoms with van der Waals surface area (Å²) < 4.78 is 5.10. The molecule has 2 aromatic carbocycles. The molecule has 0 atom stereocenters. The van der Waals surface area contributed by atoms with Gasteiger partial charge in [0.1, 0.15) is 5.75 Å². The third-order valence-electron chi connectivity index (χ3n) is 3.50. The number of Topliss-reactive ketones (excluding diaryl/α,β-unsaturated/α-hetero) is 1. The van der Waals surface area contributed by atoms with E-state index >= 15 is 0 Å². The number of carbonyl (C=O) groups is 1. The Morgan fingerprint density at radius 1 is 1.05 bits per heavy atom. The van der Waals surface area contributed by atoms with Gasteiger partial charge in [-0.3, -0.25) is 9.78 Å². The first-order chi connectivity index (χ1) is 10.3. The predicted molar refractivity (Wildman–Crippen MR) is 82.8 cm³/mol. The number of aromatic nitrogens is 1. The highest BCUT2D eigenvalue weighted by atomic mass is 16.5. The Morgan fingerprint density at radius 2 is 1.81 bits per heavy atom. The molecule has 1 heterocycles. The molecule has 0 amide bonds. The van der Waals surface area contributed by atoms with Gasteiger partial charge in [0.25, 0.3) is 0 Å². The Hall–Kier alpha value is -2.68. The molecule has 0 aliphatic heterocycles. The van der Waals surface area contributed by atoms with Crippen LogP contribution in [0.15, 0.2) is 60.8 Å². The first kappa shape index (κ1) is 13.3. The van der Waals surface area contributed by atoms with Crippen molar-refractivity contribution in [2.75, 3.05) is 7.11 Å². The summed E-state index contributed by atoms with van der Waals surface area (Å²) in [5, 5.41) is 2.13. The van der Waals surface area contributed by atoms with E-state index < -0.39 is 0 Å². The molecule has 104 valence electrons. The molecule has 0 aliphatic carbocycles. The van der Waals surface area contributed by atoms with E-state index in [1.807, 2.05) is 30.3 Å². The van der Waals surface area contributed by atoms with Gasteiger partial charge in [0.05, 0.1) is 19.2 Å². The summed E-state index contributed by atoms with van der Waals surface area (Å²) in [5.74, 6) is 0.802. The normalized spacial score (nSPS) is 10.5. The minimum atomic E-state index is 0.0570. The molecule has 3 heteroatoms. The largest absolute Gasteiger partial charge is 0.497 e. The average Bonchev–Trinajstić information content (AvgIpc) is 2.55. The maximum Gasteiger partial charge on any atom is 0.168 e. The van der Waals surface area contributed by atoms with Crippen molar-refractivity contribution < 1.29 is 9.53 Å². The van der Waals surface area contributed by atoms with E-state index in [0.717, 1.165) is 22.2 Å². The summed E-state index contributed by atoms with van der Waals surface area (Å²) in [4.78, 5) is 16.7. The van der Waals surface area contributed by atoms with Crippen molar-refractivity contribution in [3.05, 3.63) is 72.1 Å². The van der Waals surface area contributed by atoms with Crippen molar-refractivity contribution in [3.63, 3.8) is 0 Å². The van der Waals surface area contributed by atoms with Gasteiger partial charge in [-0.05, 0) is 35.7 Å². The van der Waals surface area contributed by atoms with Gasteiger partial charge in [-0.15, -0.1) is 0 Å². The second kappa shape index (κ2) is 5.75. The molecule has 0 spiro atoms. The Balaban J connectivity index is 1.89. The summed E-state index contributed by atoms with van der Waals surface area (Å²) in [6.07, 6.45) is 2.05. The molecule has 0 unspecified atom stereocenters. The fraction of sp³-hybridized carbons (Fsp3) is 0.111. The van der Waals surface area contributed by atoms with Gasteiger partial charge in [0.15, 0.2) is 5.78 Å². The zero-order valence-corrected chi connectivity index (χ0v) is 11.7. The van der Waals surface area contributed by atoms with E-state index in [9.17, 15) is 4.79 Å². The van der Waals surface area contributed by atoms with Gasteiger partial charge in [-0.25, -0.2) is 0 Å². The van der Waals surface area contributed by atoms with Crippen molar-refractivity contribution in [1.29, 1.82) is 0 Å². The number of ketones is 1. The quantitative estimate of drug-likeness (QED) is 0.683. The number of nitrogens with zero attached hydrogens (tertiary/aromatic N) is 1. The highest BCUT2D eigenvalue weighted by Gasteiger charge is 2.10. The Kier molecular flexibility index (Phi) is 3.65. The van der Waals surface area contributed by atoms with Crippen LogP contribution >= 0.6 is 0 Å². The van der Waals surface area contributed by atoms with Crippen LogP contribution in [0.3, 0.4) is 0 Å². The fourth-order valence-electron chi connectivity index (χ4n) is 2.35. The van der Waals surface area contributed by atoms with Crippen LogP contribution in [0.25, 0.3) is 10.8 Å². The molecule has 1 aromatic heterocycles. The molecule has 0 radical (unpaired) electrons. The highest BCUT2D eigenvalue weighted by molar-refractivity contribution is 5.99. The average molecular weight is 277 g/mol. The zero-order valence-electron chi connectivity index (χ0n) is 11.7. The Morgan fingerprint density at radius 3 is 2.57 bits per heavy atom. The molecule has 0 fully saturated rings. The molecule has 0 bridgehead atoms. The summed E-state index contributed by atoms with van der Waals surface area (Å²) in [6.45, 7) is 0. The number of rotatable bonds is 4. The maximum absolute atomic E-state index is 12.4. The lowest BCUT2D eigenvalue weighted by molar-refractivity contribution is 0.0992. The second-order valence-electron chi connectivity index (χ2n) is 4.81. The number of hydrogen-bond donors (Lipinski definition) is 0. The van der Waals surface area contributed by atoms with Gasteiger partial charge in [-0.2, -0.15) is 0 Å². The Labute approximate surface area is 123 Å². The number of benzene rings is 2. The lowest BCUT2D eigenvalue weighted by atomic mass is 10.0. The topological polar surface area (TPSA) is 39.2 Å². The number of pyridine rings is 1. The molecule has 3 rings (SSSR count). The van der Waals surface area contributed by atoms with Crippen molar-refractivity contribution in [1.82, 2.24) is 4.98 Å². The predicted octanol–water partition coefficient (Wildman–Crippen LogP) is 3.67. The monoisotopic (exact) mass is 277 g/mol. The van der Waals surface area contributed by atoms with Crippen LogP contribution in [0.2, 0.25) is 0 Å². The smallest absolute Gasteiger partial charge is 0.168 e.